The Morgan fingerprint density at radius 3 is 2.65 bits per heavy atom. The second-order valence-corrected chi connectivity index (χ2v) is 4.57. The molecule has 1 N–H and O–H groups in total. The van der Waals surface area contributed by atoms with E-state index in [1.807, 2.05) is 25.1 Å². The summed E-state index contributed by atoms with van der Waals surface area (Å²) in [5.74, 6) is -1.79. The minimum Gasteiger partial charge on any atom is -0.492 e. The van der Waals surface area contributed by atoms with Gasteiger partial charge in [0, 0.05) is 0 Å². The van der Waals surface area contributed by atoms with E-state index < -0.39 is 17.7 Å². The number of hydrogen-bond donors (Lipinski definition) is 1. The molecular formula is C16H15FO3. The van der Waals surface area contributed by atoms with E-state index in [1.54, 1.807) is 12.1 Å². The third kappa shape index (κ3) is 3.57. The Kier molecular flexibility index (Phi) is 4.35. The average molecular weight is 274 g/mol. The fourth-order valence-electron chi connectivity index (χ4n) is 1.92. The van der Waals surface area contributed by atoms with Gasteiger partial charge in [-0.3, -0.25) is 4.79 Å². The number of aliphatic carboxylic acids is 1. The molecule has 0 aliphatic rings. The standard InChI is InChI=1S/C16H15FO3/c1-11-4-2-7-14(8-11)20-10-15(16(18)19)12-5-3-6-13(17)9-12/h2-9,15H,10H2,1H3,(H,18,19). The van der Waals surface area contributed by atoms with Crippen LogP contribution in [-0.2, 0) is 4.79 Å². The van der Waals surface area contributed by atoms with Crippen molar-refractivity contribution >= 4 is 5.97 Å². The first-order chi connectivity index (χ1) is 9.56. The minimum atomic E-state index is -1.04. The minimum absolute atomic E-state index is 0.0394. The predicted molar refractivity (Wildman–Crippen MR) is 73.5 cm³/mol. The molecule has 2 aromatic carbocycles. The second-order valence-electron chi connectivity index (χ2n) is 4.57. The highest BCUT2D eigenvalue weighted by Crippen LogP contribution is 2.20. The van der Waals surface area contributed by atoms with Crippen LogP contribution < -0.4 is 4.74 Å². The van der Waals surface area contributed by atoms with Crippen LogP contribution in [0, 0.1) is 12.7 Å². The number of rotatable bonds is 5. The molecule has 1 atom stereocenters. The van der Waals surface area contributed by atoms with Crippen LogP contribution in [-0.4, -0.2) is 17.7 Å². The van der Waals surface area contributed by atoms with Gasteiger partial charge in [0.2, 0.25) is 0 Å². The zero-order valence-electron chi connectivity index (χ0n) is 11.0. The second kappa shape index (κ2) is 6.19. The van der Waals surface area contributed by atoms with Crippen molar-refractivity contribution in [3.8, 4) is 5.75 Å². The van der Waals surface area contributed by atoms with Crippen molar-refractivity contribution in [1.82, 2.24) is 0 Å². The summed E-state index contributed by atoms with van der Waals surface area (Å²) in [4.78, 5) is 11.3. The van der Waals surface area contributed by atoms with Crippen molar-refractivity contribution in [2.24, 2.45) is 0 Å². The normalized spacial score (nSPS) is 11.9. The average Bonchev–Trinajstić information content (AvgIpc) is 2.38. The lowest BCUT2D eigenvalue weighted by Crippen LogP contribution is -2.19. The maximum absolute atomic E-state index is 13.2. The van der Waals surface area contributed by atoms with Gasteiger partial charge in [0.15, 0.2) is 0 Å². The number of hydrogen-bond acceptors (Lipinski definition) is 2. The van der Waals surface area contributed by atoms with Gasteiger partial charge in [-0.15, -0.1) is 0 Å². The Balaban J connectivity index is 2.13. The summed E-state index contributed by atoms with van der Waals surface area (Å²) in [6.45, 7) is 1.89. The summed E-state index contributed by atoms with van der Waals surface area (Å²) >= 11 is 0. The number of halogens is 1. The molecule has 0 bridgehead atoms. The van der Waals surface area contributed by atoms with Crippen LogP contribution in [0.2, 0.25) is 0 Å². The lowest BCUT2D eigenvalue weighted by molar-refractivity contribution is -0.139. The molecule has 2 aromatic rings. The SMILES string of the molecule is Cc1cccc(OCC(C(=O)O)c2cccc(F)c2)c1. The number of ether oxygens (including phenoxy) is 1. The Bertz CT molecular complexity index is 610. The van der Waals surface area contributed by atoms with Gasteiger partial charge in [0.25, 0.3) is 0 Å². The first kappa shape index (κ1) is 14.1. The maximum atomic E-state index is 13.2. The first-order valence-electron chi connectivity index (χ1n) is 6.24. The molecule has 0 aliphatic heterocycles. The largest absolute Gasteiger partial charge is 0.492 e. The molecule has 1 unspecified atom stereocenters. The fraction of sp³-hybridized carbons (Fsp3) is 0.188. The number of aryl methyl sites for hydroxylation is 1. The van der Waals surface area contributed by atoms with Crippen LogP contribution in [0.15, 0.2) is 48.5 Å². The molecular weight excluding hydrogens is 259 g/mol. The Hall–Kier alpha value is -2.36. The summed E-state index contributed by atoms with van der Waals surface area (Å²) in [6.07, 6.45) is 0. The number of carbonyl (C=O) groups is 1. The van der Waals surface area contributed by atoms with Crippen molar-refractivity contribution < 1.29 is 19.0 Å². The van der Waals surface area contributed by atoms with Crippen molar-refractivity contribution in [3.05, 3.63) is 65.5 Å². The topological polar surface area (TPSA) is 46.5 Å². The van der Waals surface area contributed by atoms with E-state index in [9.17, 15) is 14.3 Å². The van der Waals surface area contributed by atoms with Gasteiger partial charge < -0.3 is 9.84 Å². The van der Waals surface area contributed by atoms with Crippen molar-refractivity contribution in [3.63, 3.8) is 0 Å². The highest BCUT2D eigenvalue weighted by Gasteiger charge is 2.21. The highest BCUT2D eigenvalue weighted by atomic mass is 19.1. The predicted octanol–water partition coefficient (Wildman–Crippen LogP) is 3.38. The zero-order chi connectivity index (χ0) is 14.5. The molecule has 4 heteroatoms. The zero-order valence-corrected chi connectivity index (χ0v) is 11.0. The first-order valence-corrected chi connectivity index (χ1v) is 6.24. The lowest BCUT2D eigenvalue weighted by atomic mass is 10.0. The monoisotopic (exact) mass is 274 g/mol. The molecule has 0 heterocycles. The van der Waals surface area contributed by atoms with Gasteiger partial charge in [-0.05, 0) is 42.3 Å². The van der Waals surface area contributed by atoms with Gasteiger partial charge in [0.1, 0.15) is 24.1 Å². The third-order valence-corrected chi connectivity index (χ3v) is 2.96. The summed E-state index contributed by atoms with van der Waals surface area (Å²) in [6, 6.07) is 12.9. The summed E-state index contributed by atoms with van der Waals surface area (Å²) in [5.41, 5.74) is 1.42. The van der Waals surface area contributed by atoms with Crippen LogP contribution in [0.4, 0.5) is 4.39 Å². The van der Waals surface area contributed by atoms with E-state index in [2.05, 4.69) is 0 Å². The molecule has 3 nitrogen and oxygen atoms in total. The van der Waals surface area contributed by atoms with E-state index in [0.29, 0.717) is 11.3 Å². The smallest absolute Gasteiger partial charge is 0.314 e. The van der Waals surface area contributed by atoms with Crippen LogP contribution in [0.5, 0.6) is 5.75 Å². The molecule has 0 saturated carbocycles. The lowest BCUT2D eigenvalue weighted by Gasteiger charge is -2.14. The van der Waals surface area contributed by atoms with Gasteiger partial charge in [-0.25, -0.2) is 4.39 Å². The van der Waals surface area contributed by atoms with E-state index in [-0.39, 0.29) is 6.61 Å². The third-order valence-electron chi connectivity index (χ3n) is 2.96. The Morgan fingerprint density at radius 2 is 2.00 bits per heavy atom. The number of carboxylic acid groups (broad SMARTS) is 1. The number of carboxylic acids is 1. The molecule has 0 saturated heterocycles. The van der Waals surface area contributed by atoms with Crippen LogP contribution in [0.3, 0.4) is 0 Å². The summed E-state index contributed by atoms with van der Waals surface area (Å²) in [7, 11) is 0. The van der Waals surface area contributed by atoms with E-state index >= 15 is 0 Å². The molecule has 0 radical (unpaired) electrons. The van der Waals surface area contributed by atoms with Gasteiger partial charge in [0.05, 0.1) is 0 Å². The quantitative estimate of drug-likeness (QED) is 0.909. The molecule has 0 aromatic heterocycles. The molecule has 0 spiro atoms. The fourth-order valence-corrected chi connectivity index (χ4v) is 1.92. The van der Waals surface area contributed by atoms with Gasteiger partial charge >= 0.3 is 5.97 Å². The molecule has 2 rings (SSSR count). The summed E-state index contributed by atoms with van der Waals surface area (Å²) < 4.78 is 18.7. The molecule has 20 heavy (non-hydrogen) atoms. The van der Waals surface area contributed by atoms with Crippen LogP contribution >= 0.6 is 0 Å². The van der Waals surface area contributed by atoms with Crippen molar-refractivity contribution in [2.75, 3.05) is 6.61 Å². The Labute approximate surface area is 116 Å². The molecule has 104 valence electrons. The van der Waals surface area contributed by atoms with Gasteiger partial charge in [-0.2, -0.15) is 0 Å². The van der Waals surface area contributed by atoms with Crippen molar-refractivity contribution in [1.29, 1.82) is 0 Å². The van der Waals surface area contributed by atoms with Gasteiger partial charge in [-0.1, -0.05) is 24.3 Å². The molecule has 0 aliphatic carbocycles. The Morgan fingerprint density at radius 1 is 1.25 bits per heavy atom. The van der Waals surface area contributed by atoms with E-state index in [0.717, 1.165) is 5.56 Å². The van der Waals surface area contributed by atoms with E-state index in [4.69, 9.17) is 4.74 Å². The molecule has 0 fully saturated rings. The van der Waals surface area contributed by atoms with Crippen molar-refractivity contribution in [2.45, 2.75) is 12.8 Å². The number of benzene rings is 2. The van der Waals surface area contributed by atoms with E-state index in [1.165, 1.54) is 18.2 Å². The maximum Gasteiger partial charge on any atom is 0.314 e. The van der Waals surface area contributed by atoms with Crippen LogP contribution in [0.25, 0.3) is 0 Å². The van der Waals surface area contributed by atoms with Crippen LogP contribution in [0.1, 0.15) is 17.0 Å². The highest BCUT2D eigenvalue weighted by molar-refractivity contribution is 5.76. The molecule has 0 amide bonds. The summed E-state index contributed by atoms with van der Waals surface area (Å²) in [5, 5.41) is 9.25.